The number of thiophene rings is 1. The molecule has 0 aliphatic heterocycles. The Morgan fingerprint density at radius 1 is 0.674 bits per heavy atom. The average molecular weight is 586 g/mol. The van der Waals surface area contributed by atoms with Crippen LogP contribution < -0.4 is 0 Å². The second-order valence-electron chi connectivity index (χ2n) is 17.2. The van der Waals surface area contributed by atoms with Crippen molar-refractivity contribution in [3.05, 3.63) is 88.6 Å². The number of rotatable bonds is 2. The molecule has 2 heteroatoms. The summed E-state index contributed by atoms with van der Waals surface area (Å²) in [5.41, 5.74) is 12.1. The van der Waals surface area contributed by atoms with Gasteiger partial charge in [-0.05, 0) is 114 Å². The topological polar surface area (TPSA) is 12.9 Å². The van der Waals surface area contributed by atoms with Gasteiger partial charge in [0.15, 0.2) is 0 Å². The van der Waals surface area contributed by atoms with Crippen LogP contribution in [-0.2, 0) is 27.1 Å². The number of hydrogen-bond acceptors (Lipinski definition) is 2. The number of hydrogen-bond donors (Lipinski definition) is 0. The highest BCUT2D eigenvalue weighted by Crippen LogP contribution is 2.61. The Balaban J connectivity index is 1.54. The minimum absolute atomic E-state index is 0.0338. The van der Waals surface area contributed by atoms with Gasteiger partial charge in [-0.1, -0.05) is 106 Å². The van der Waals surface area contributed by atoms with Crippen LogP contribution in [0.5, 0.6) is 0 Å². The standard InChI is InChI=1S/C41H47NS/c1-37(2,3)28-19-26(18-24-14-12-13-15-27(24)28)35-36-25(16-17-42-35)20-31(43-36)32-33-29(38(4,5)22-40(33,8)9)21-30-34(32)41(10,11)23-39(30,6)7/h12-21H,22-23H2,1-11H3. The average Bonchev–Trinajstić information content (AvgIpc) is 3.47. The molecule has 222 valence electrons. The van der Waals surface area contributed by atoms with E-state index < -0.39 is 0 Å². The molecule has 2 aliphatic rings. The van der Waals surface area contributed by atoms with Crippen LogP contribution in [0, 0.1) is 0 Å². The Kier molecular flexibility index (Phi) is 5.90. The molecule has 0 bridgehead atoms. The maximum absolute atomic E-state index is 5.07. The molecule has 0 saturated heterocycles. The summed E-state index contributed by atoms with van der Waals surface area (Å²) >= 11 is 1.96. The molecule has 0 N–H and O–H groups in total. The molecule has 2 heterocycles. The highest BCUT2D eigenvalue weighted by Gasteiger charge is 2.50. The monoisotopic (exact) mass is 585 g/mol. The van der Waals surface area contributed by atoms with Gasteiger partial charge < -0.3 is 0 Å². The Morgan fingerprint density at radius 3 is 1.88 bits per heavy atom. The molecule has 0 saturated carbocycles. The molecule has 0 atom stereocenters. The number of aromatic nitrogens is 1. The maximum atomic E-state index is 5.07. The number of nitrogens with zero attached hydrogens (tertiary/aromatic N) is 1. The third-order valence-electron chi connectivity index (χ3n) is 10.5. The molecule has 0 radical (unpaired) electrons. The first-order valence-corrected chi connectivity index (χ1v) is 16.9. The predicted molar refractivity (Wildman–Crippen MR) is 188 cm³/mol. The van der Waals surface area contributed by atoms with Gasteiger partial charge in [0.2, 0.25) is 0 Å². The molecule has 0 unspecified atom stereocenters. The smallest absolute Gasteiger partial charge is 0.0880 e. The Bertz CT molecular complexity index is 1900. The SMILES string of the molecule is CC(C)(C)c1cc(-c2nccc3cc(-c4c5c(cc6c4C(C)(C)CC6(C)C)C(C)(C)CC5(C)C)sc23)cc2ccccc12. The summed E-state index contributed by atoms with van der Waals surface area (Å²) in [7, 11) is 0. The molecule has 7 rings (SSSR count). The highest BCUT2D eigenvalue weighted by atomic mass is 32.1. The molecule has 0 amide bonds. The van der Waals surface area contributed by atoms with E-state index in [0.29, 0.717) is 0 Å². The molecule has 5 aromatic rings. The van der Waals surface area contributed by atoms with E-state index in [-0.39, 0.29) is 27.1 Å². The molecule has 0 fully saturated rings. The van der Waals surface area contributed by atoms with Crippen LogP contribution >= 0.6 is 11.3 Å². The highest BCUT2D eigenvalue weighted by molar-refractivity contribution is 7.22. The second kappa shape index (κ2) is 8.81. The van der Waals surface area contributed by atoms with Gasteiger partial charge in [-0.25, -0.2) is 0 Å². The van der Waals surface area contributed by atoms with Crippen LogP contribution in [0.15, 0.2) is 60.8 Å². The predicted octanol–water partition coefficient (Wildman–Crippen LogP) is 12.0. The van der Waals surface area contributed by atoms with Crippen LogP contribution in [0.1, 0.15) is 117 Å². The third-order valence-corrected chi connectivity index (χ3v) is 11.7. The Hall–Kier alpha value is -2.97. The first-order valence-electron chi connectivity index (χ1n) is 16.1. The zero-order valence-corrected chi connectivity index (χ0v) is 28.9. The Labute approximate surface area is 262 Å². The normalized spacial score (nSPS) is 19.6. The van der Waals surface area contributed by atoms with Gasteiger partial charge in [-0.3, -0.25) is 4.98 Å². The van der Waals surface area contributed by atoms with Crippen molar-refractivity contribution >= 4 is 32.2 Å². The second-order valence-corrected chi connectivity index (χ2v) is 18.2. The van der Waals surface area contributed by atoms with Crippen molar-refractivity contribution < 1.29 is 0 Å². The number of fused-ring (bicyclic) bond motifs is 4. The lowest BCUT2D eigenvalue weighted by molar-refractivity contribution is 0.396. The Morgan fingerprint density at radius 2 is 1.28 bits per heavy atom. The zero-order valence-electron chi connectivity index (χ0n) is 28.0. The van der Waals surface area contributed by atoms with Crippen LogP contribution in [-0.4, -0.2) is 4.98 Å². The van der Waals surface area contributed by atoms with Gasteiger partial charge in [0, 0.05) is 16.6 Å². The quantitative estimate of drug-likeness (QED) is 0.201. The summed E-state index contributed by atoms with van der Waals surface area (Å²) in [6, 6.07) is 20.9. The lowest BCUT2D eigenvalue weighted by Gasteiger charge is -2.29. The summed E-state index contributed by atoms with van der Waals surface area (Å²) < 4.78 is 1.30. The van der Waals surface area contributed by atoms with E-state index in [0.717, 1.165) is 5.69 Å². The van der Waals surface area contributed by atoms with Crippen LogP contribution in [0.2, 0.25) is 0 Å². The van der Waals surface area contributed by atoms with Crippen LogP contribution in [0.25, 0.3) is 42.6 Å². The van der Waals surface area contributed by atoms with Crippen molar-refractivity contribution in [2.24, 2.45) is 0 Å². The molecular weight excluding hydrogens is 539 g/mol. The van der Waals surface area contributed by atoms with Crippen molar-refractivity contribution in [3.8, 4) is 21.7 Å². The van der Waals surface area contributed by atoms with Gasteiger partial charge in [0.25, 0.3) is 0 Å². The molecule has 2 aromatic heterocycles. The van der Waals surface area contributed by atoms with Crippen molar-refractivity contribution in [2.45, 2.75) is 116 Å². The van der Waals surface area contributed by atoms with E-state index in [1.165, 1.54) is 55.3 Å². The summed E-state index contributed by atoms with van der Waals surface area (Å²) in [5, 5.41) is 3.92. The zero-order chi connectivity index (χ0) is 30.9. The van der Waals surface area contributed by atoms with E-state index in [1.807, 2.05) is 17.5 Å². The summed E-state index contributed by atoms with van der Waals surface area (Å²) in [6.07, 6.45) is 4.37. The summed E-state index contributed by atoms with van der Waals surface area (Å²) in [4.78, 5) is 6.48. The van der Waals surface area contributed by atoms with Crippen molar-refractivity contribution in [2.75, 3.05) is 0 Å². The molecular formula is C41H47NS. The fraction of sp³-hybridized carbons (Fsp3) is 0.439. The van der Waals surface area contributed by atoms with Gasteiger partial charge in [-0.2, -0.15) is 0 Å². The summed E-state index contributed by atoms with van der Waals surface area (Å²) in [5.74, 6) is 0. The first-order chi connectivity index (χ1) is 19.9. The van der Waals surface area contributed by atoms with Crippen LogP contribution in [0.3, 0.4) is 0 Å². The van der Waals surface area contributed by atoms with E-state index in [4.69, 9.17) is 4.98 Å². The molecule has 2 aliphatic carbocycles. The minimum atomic E-state index is 0.0338. The fourth-order valence-corrected chi connectivity index (χ4v) is 10.6. The van der Waals surface area contributed by atoms with Gasteiger partial charge in [0.1, 0.15) is 0 Å². The molecule has 3 aromatic carbocycles. The van der Waals surface area contributed by atoms with E-state index in [9.17, 15) is 0 Å². The summed E-state index contributed by atoms with van der Waals surface area (Å²) in [6.45, 7) is 26.7. The minimum Gasteiger partial charge on any atom is -0.255 e. The molecule has 1 nitrogen and oxygen atoms in total. The lowest BCUT2D eigenvalue weighted by atomic mass is 9.76. The van der Waals surface area contributed by atoms with Crippen LogP contribution in [0.4, 0.5) is 0 Å². The van der Waals surface area contributed by atoms with E-state index in [1.54, 1.807) is 22.3 Å². The molecule has 43 heavy (non-hydrogen) atoms. The maximum Gasteiger partial charge on any atom is 0.0880 e. The molecule has 0 spiro atoms. The number of pyridine rings is 1. The fourth-order valence-electron chi connectivity index (χ4n) is 9.34. The van der Waals surface area contributed by atoms with Gasteiger partial charge in [0.05, 0.1) is 10.4 Å². The van der Waals surface area contributed by atoms with Gasteiger partial charge >= 0.3 is 0 Å². The number of benzene rings is 3. The van der Waals surface area contributed by atoms with Crippen molar-refractivity contribution in [1.29, 1.82) is 0 Å². The van der Waals surface area contributed by atoms with Crippen molar-refractivity contribution in [3.63, 3.8) is 0 Å². The van der Waals surface area contributed by atoms with E-state index in [2.05, 4.69) is 131 Å². The first kappa shape index (κ1) is 28.8. The largest absolute Gasteiger partial charge is 0.255 e. The van der Waals surface area contributed by atoms with Crippen molar-refractivity contribution in [1.82, 2.24) is 4.98 Å². The third kappa shape index (κ3) is 4.26. The van der Waals surface area contributed by atoms with Gasteiger partial charge in [-0.15, -0.1) is 11.3 Å². The van der Waals surface area contributed by atoms with E-state index >= 15 is 0 Å². The lowest BCUT2D eigenvalue weighted by Crippen LogP contribution is -2.20.